The third-order valence-electron chi connectivity index (χ3n) is 2.85. The first-order valence-corrected chi connectivity index (χ1v) is 6.81. The van der Waals surface area contributed by atoms with E-state index in [-0.39, 0.29) is 11.5 Å². The number of furan rings is 1. The predicted octanol–water partition coefficient (Wildman–Crippen LogP) is 5.08. The fourth-order valence-electron chi connectivity index (χ4n) is 1.92. The van der Waals surface area contributed by atoms with Crippen LogP contribution in [0.4, 0.5) is 0 Å². The highest BCUT2D eigenvalue weighted by Gasteiger charge is 2.17. The summed E-state index contributed by atoms with van der Waals surface area (Å²) in [6.07, 6.45) is 0. The molecule has 0 spiro atoms. The maximum atomic E-state index is 12.4. The van der Waals surface area contributed by atoms with Gasteiger partial charge in [0.25, 0.3) is 0 Å². The highest BCUT2D eigenvalue weighted by Crippen LogP contribution is 2.28. The summed E-state index contributed by atoms with van der Waals surface area (Å²) in [5.74, 6) is 0.120. The van der Waals surface area contributed by atoms with Crippen molar-refractivity contribution in [3.05, 3.63) is 69.3 Å². The summed E-state index contributed by atoms with van der Waals surface area (Å²) in [5.41, 5.74) is 1.18. The Morgan fingerprint density at radius 3 is 2.63 bits per heavy atom. The molecule has 0 saturated carbocycles. The Morgan fingerprint density at radius 1 is 1.11 bits per heavy atom. The van der Waals surface area contributed by atoms with Gasteiger partial charge in [0.15, 0.2) is 5.76 Å². The second kappa shape index (κ2) is 4.83. The number of benzene rings is 2. The molecule has 0 aliphatic carbocycles. The van der Waals surface area contributed by atoms with Crippen molar-refractivity contribution in [3.8, 4) is 0 Å². The number of halogens is 2. The summed E-state index contributed by atoms with van der Waals surface area (Å²) in [5, 5.41) is 1.33. The molecule has 3 aromatic rings. The molecule has 0 atom stereocenters. The third kappa shape index (κ3) is 2.20. The molecule has 0 N–H and O–H groups in total. The van der Waals surface area contributed by atoms with Crippen LogP contribution in [-0.4, -0.2) is 5.78 Å². The van der Waals surface area contributed by atoms with E-state index in [9.17, 15) is 4.79 Å². The lowest BCUT2D eigenvalue weighted by Crippen LogP contribution is -2.00. The zero-order valence-corrected chi connectivity index (χ0v) is 12.0. The Kier molecular flexibility index (Phi) is 3.17. The molecule has 4 heteroatoms. The molecule has 2 nitrogen and oxygen atoms in total. The highest BCUT2D eigenvalue weighted by atomic mass is 79.9. The molecule has 0 fully saturated rings. The number of hydrogen-bond donors (Lipinski definition) is 0. The summed E-state index contributed by atoms with van der Waals surface area (Å²) in [4.78, 5) is 12.4. The van der Waals surface area contributed by atoms with Crippen molar-refractivity contribution < 1.29 is 9.21 Å². The van der Waals surface area contributed by atoms with Gasteiger partial charge in [0, 0.05) is 15.4 Å². The Balaban J connectivity index is 2.12. The van der Waals surface area contributed by atoms with Crippen molar-refractivity contribution in [1.29, 1.82) is 0 Å². The van der Waals surface area contributed by atoms with Crippen molar-refractivity contribution in [2.75, 3.05) is 0 Å². The third-order valence-corrected chi connectivity index (χ3v) is 3.87. The average molecular weight is 336 g/mol. The van der Waals surface area contributed by atoms with Crippen LogP contribution in [0.3, 0.4) is 0 Å². The minimum absolute atomic E-state index is 0.167. The number of carbonyl (C=O) groups is 1. The monoisotopic (exact) mass is 334 g/mol. The molecule has 0 radical (unpaired) electrons. The number of fused-ring (bicyclic) bond motifs is 1. The molecule has 2 aromatic carbocycles. The summed E-state index contributed by atoms with van der Waals surface area (Å²) >= 11 is 9.44. The van der Waals surface area contributed by atoms with Gasteiger partial charge in [0.1, 0.15) is 5.58 Å². The molecule has 0 bridgehead atoms. The van der Waals surface area contributed by atoms with Gasteiger partial charge in [-0.3, -0.25) is 4.79 Å². The zero-order chi connectivity index (χ0) is 13.4. The molecule has 0 aliphatic heterocycles. The number of rotatable bonds is 2. The van der Waals surface area contributed by atoms with Crippen LogP contribution in [-0.2, 0) is 0 Å². The van der Waals surface area contributed by atoms with Crippen LogP contribution in [0.25, 0.3) is 11.0 Å². The van der Waals surface area contributed by atoms with E-state index < -0.39 is 0 Å². The molecule has 1 heterocycles. The molecule has 19 heavy (non-hydrogen) atoms. The summed E-state index contributed by atoms with van der Waals surface area (Å²) < 4.78 is 6.31. The number of carbonyl (C=O) groups excluding carboxylic acids is 1. The van der Waals surface area contributed by atoms with E-state index in [2.05, 4.69) is 15.9 Å². The fraction of sp³-hybridized carbons (Fsp3) is 0. The van der Waals surface area contributed by atoms with E-state index in [1.807, 2.05) is 18.2 Å². The van der Waals surface area contributed by atoms with Gasteiger partial charge < -0.3 is 4.42 Å². The molecular weight excluding hydrogens is 328 g/mol. The first kappa shape index (κ1) is 12.5. The van der Waals surface area contributed by atoms with Gasteiger partial charge in [-0.1, -0.05) is 45.7 Å². The smallest absolute Gasteiger partial charge is 0.229 e. The molecule has 0 unspecified atom stereocenters. The normalized spacial score (nSPS) is 10.8. The van der Waals surface area contributed by atoms with E-state index in [0.29, 0.717) is 16.2 Å². The van der Waals surface area contributed by atoms with Crippen molar-refractivity contribution in [2.45, 2.75) is 0 Å². The van der Waals surface area contributed by atoms with Crippen LogP contribution in [0.5, 0.6) is 0 Å². The van der Waals surface area contributed by atoms with Crippen molar-refractivity contribution >= 4 is 44.3 Å². The maximum Gasteiger partial charge on any atom is 0.229 e. The number of ketones is 1. The first-order valence-electron chi connectivity index (χ1n) is 5.64. The van der Waals surface area contributed by atoms with E-state index in [1.54, 1.807) is 30.3 Å². The van der Waals surface area contributed by atoms with Gasteiger partial charge in [-0.15, -0.1) is 0 Å². The molecule has 0 amide bonds. The second-order valence-corrected chi connectivity index (χ2v) is 5.33. The van der Waals surface area contributed by atoms with Gasteiger partial charge in [-0.25, -0.2) is 0 Å². The van der Waals surface area contributed by atoms with Crippen molar-refractivity contribution in [1.82, 2.24) is 0 Å². The van der Waals surface area contributed by atoms with E-state index in [4.69, 9.17) is 16.0 Å². The molecule has 1 aromatic heterocycles. The Morgan fingerprint density at radius 2 is 1.89 bits per heavy atom. The largest absolute Gasteiger partial charge is 0.453 e. The number of hydrogen-bond acceptors (Lipinski definition) is 2. The predicted molar refractivity (Wildman–Crippen MR) is 78.8 cm³/mol. The Bertz CT molecular complexity index is 777. The summed E-state index contributed by atoms with van der Waals surface area (Å²) in [6.45, 7) is 0. The van der Waals surface area contributed by atoms with Gasteiger partial charge in [0.2, 0.25) is 5.78 Å². The van der Waals surface area contributed by atoms with E-state index in [1.165, 1.54) is 0 Å². The fourth-order valence-corrected chi connectivity index (χ4v) is 2.60. The average Bonchev–Trinajstić information content (AvgIpc) is 2.84. The molecular formula is C15H8BrClO2. The molecule has 3 rings (SSSR count). The standard InChI is InChI=1S/C15H8BrClO2/c16-11-5-2-1-4-9(11)15(18)14-8-10-12(17)6-3-7-13(10)19-14/h1-8H. The van der Waals surface area contributed by atoms with Crippen LogP contribution in [0.1, 0.15) is 16.1 Å². The van der Waals surface area contributed by atoms with E-state index in [0.717, 1.165) is 9.86 Å². The van der Waals surface area contributed by atoms with Crippen molar-refractivity contribution in [3.63, 3.8) is 0 Å². The van der Waals surface area contributed by atoms with Crippen LogP contribution < -0.4 is 0 Å². The summed E-state index contributed by atoms with van der Waals surface area (Å²) in [7, 11) is 0. The lowest BCUT2D eigenvalue weighted by Gasteiger charge is -1.99. The maximum absolute atomic E-state index is 12.4. The van der Waals surface area contributed by atoms with E-state index >= 15 is 0 Å². The lowest BCUT2D eigenvalue weighted by atomic mass is 10.1. The van der Waals surface area contributed by atoms with Gasteiger partial charge in [0.05, 0.1) is 5.02 Å². The van der Waals surface area contributed by atoms with Gasteiger partial charge >= 0.3 is 0 Å². The van der Waals surface area contributed by atoms with Crippen molar-refractivity contribution in [2.24, 2.45) is 0 Å². The topological polar surface area (TPSA) is 30.2 Å². The minimum atomic E-state index is -0.167. The summed E-state index contributed by atoms with van der Waals surface area (Å²) in [6, 6.07) is 14.3. The van der Waals surface area contributed by atoms with Crippen LogP contribution in [0, 0.1) is 0 Å². The van der Waals surface area contributed by atoms with Crippen LogP contribution >= 0.6 is 27.5 Å². The zero-order valence-electron chi connectivity index (χ0n) is 9.69. The Labute approximate surface area is 123 Å². The molecule has 0 saturated heterocycles. The second-order valence-electron chi connectivity index (χ2n) is 4.07. The van der Waals surface area contributed by atoms with Gasteiger partial charge in [-0.05, 0) is 30.3 Å². The quantitative estimate of drug-likeness (QED) is 0.611. The lowest BCUT2D eigenvalue weighted by molar-refractivity contribution is 0.101. The first-order chi connectivity index (χ1) is 9.16. The SMILES string of the molecule is O=C(c1cc2c(Cl)cccc2o1)c1ccccc1Br. The van der Waals surface area contributed by atoms with Gasteiger partial charge in [-0.2, -0.15) is 0 Å². The van der Waals surface area contributed by atoms with Crippen LogP contribution in [0.2, 0.25) is 5.02 Å². The highest BCUT2D eigenvalue weighted by molar-refractivity contribution is 9.10. The molecule has 94 valence electrons. The Hall–Kier alpha value is -1.58. The minimum Gasteiger partial charge on any atom is -0.453 e. The van der Waals surface area contributed by atoms with Crippen LogP contribution in [0.15, 0.2) is 57.4 Å². The molecule has 0 aliphatic rings.